The Kier molecular flexibility index (Phi) is 5.68. The Morgan fingerprint density at radius 3 is 2.31 bits per heavy atom. The number of carbonyl (C=O) groups excluding carboxylic acids is 1. The van der Waals surface area contributed by atoms with E-state index in [1.165, 1.54) is 43.5 Å². The second-order valence-electron chi connectivity index (χ2n) is 6.48. The Hall–Kier alpha value is -2.84. The van der Waals surface area contributed by atoms with E-state index in [1.54, 1.807) is 31.6 Å². The van der Waals surface area contributed by atoms with Crippen LogP contribution in [-0.4, -0.2) is 31.2 Å². The van der Waals surface area contributed by atoms with Crippen molar-refractivity contribution in [3.05, 3.63) is 64.4 Å². The van der Waals surface area contributed by atoms with Gasteiger partial charge < -0.3 is 10.1 Å². The van der Waals surface area contributed by atoms with Crippen LogP contribution >= 0.6 is 11.6 Å². The molecule has 0 bridgehead atoms. The van der Waals surface area contributed by atoms with Gasteiger partial charge in [0, 0.05) is 29.5 Å². The van der Waals surface area contributed by atoms with Gasteiger partial charge in [-0.05, 0) is 50.2 Å². The van der Waals surface area contributed by atoms with Gasteiger partial charge in [0.05, 0.1) is 28.2 Å². The van der Waals surface area contributed by atoms with Gasteiger partial charge in [0.25, 0.3) is 5.91 Å². The van der Waals surface area contributed by atoms with Crippen molar-refractivity contribution in [3.63, 3.8) is 0 Å². The minimum absolute atomic E-state index is 0.00546. The zero-order chi connectivity index (χ0) is 21.3. The number of aryl methyl sites for hydroxylation is 2. The molecule has 0 radical (unpaired) electrons. The molecular weight excluding hydrogens is 414 g/mol. The summed E-state index contributed by atoms with van der Waals surface area (Å²) >= 11 is 5.85. The first-order valence-corrected chi connectivity index (χ1v) is 10.5. The summed E-state index contributed by atoms with van der Waals surface area (Å²) in [6.45, 7) is 3.53. The summed E-state index contributed by atoms with van der Waals surface area (Å²) in [5.41, 5.74) is 2.03. The maximum absolute atomic E-state index is 13.0. The molecule has 2 aromatic carbocycles. The maximum atomic E-state index is 13.0. The summed E-state index contributed by atoms with van der Waals surface area (Å²) in [6.07, 6.45) is 0. The summed E-state index contributed by atoms with van der Waals surface area (Å²) in [7, 11) is -0.653. The number of hydrogen-bond donors (Lipinski definition) is 1. The van der Waals surface area contributed by atoms with Crippen molar-refractivity contribution in [2.75, 3.05) is 12.4 Å². The largest absolute Gasteiger partial charge is 0.497 e. The molecule has 9 heteroatoms. The Morgan fingerprint density at radius 2 is 1.76 bits per heavy atom. The summed E-state index contributed by atoms with van der Waals surface area (Å²) in [6, 6.07) is 10.2. The molecule has 0 atom stereocenters. The van der Waals surface area contributed by atoms with E-state index in [-0.39, 0.29) is 15.7 Å². The molecule has 3 rings (SSSR count). The first kappa shape index (κ1) is 20.9. The Bertz CT molecular complexity index is 1190. The standard InChI is InChI=1S/C20H20ClN3O4S/c1-12-19(13(2)24(3)23-12)20(25)22-15-9-16(28-4)11-18(10-15)29(26,27)17-7-5-14(21)6-8-17/h5-11H,1-4H3,(H,22,25). The van der Waals surface area contributed by atoms with Crippen molar-refractivity contribution in [1.29, 1.82) is 0 Å². The number of sulfone groups is 1. The van der Waals surface area contributed by atoms with E-state index in [9.17, 15) is 13.2 Å². The Balaban J connectivity index is 2.01. The molecule has 3 aromatic rings. The predicted molar refractivity (Wildman–Crippen MR) is 111 cm³/mol. The number of hydrogen-bond acceptors (Lipinski definition) is 5. The fourth-order valence-electron chi connectivity index (χ4n) is 2.96. The number of methoxy groups -OCH3 is 1. The summed E-state index contributed by atoms with van der Waals surface area (Å²) in [5.74, 6) is -0.0776. The highest BCUT2D eigenvalue weighted by Gasteiger charge is 2.22. The highest BCUT2D eigenvalue weighted by Crippen LogP contribution is 2.29. The highest BCUT2D eigenvalue weighted by atomic mass is 35.5. The molecular formula is C20H20ClN3O4S. The molecule has 0 aliphatic heterocycles. The molecule has 0 saturated heterocycles. The van der Waals surface area contributed by atoms with Gasteiger partial charge >= 0.3 is 0 Å². The minimum Gasteiger partial charge on any atom is -0.497 e. The third-order valence-electron chi connectivity index (χ3n) is 4.54. The van der Waals surface area contributed by atoms with Crippen LogP contribution in [0.2, 0.25) is 5.02 Å². The third kappa shape index (κ3) is 4.13. The van der Waals surface area contributed by atoms with Crippen molar-refractivity contribution < 1.29 is 17.9 Å². The van der Waals surface area contributed by atoms with Crippen LogP contribution in [0.25, 0.3) is 0 Å². The number of ether oxygens (including phenoxy) is 1. The van der Waals surface area contributed by atoms with Crippen molar-refractivity contribution >= 4 is 33.0 Å². The van der Waals surface area contributed by atoms with Gasteiger partial charge in [-0.1, -0.05) is 11.6 Å². The van der Waals surface area contributed by atoms with Crippen LogP contribution in [0, 0.1) is 13.8 Å². The second-order valence-corrected chi connectivity index (χ2v) is 8.86. The summed E-state index contributed by atoms with van der Waals surface area (Å²) in [5, 5.41) is 7.41. The molecule has 29 heavy (non-hydrogen) atoms. The molecule has 1 aromatic heterocycles. The van der Waals surface area contributed by atoms with E-state index < -0.39 is 9.84 Å². The van der Waals surface area contributed by atoms with Crippen LogP contribution in [0.3, 0.4) is 0 Å². The average molecular weight is 434 g/mol. The van der Waals surface area contributed by atoms with Crippen molar-refractivity contribution in [2.45, 2.75) is 23.6 Å². The Labute approximate surface area is 174 Å². The van der Waals surface area contributed by atoms with Crippen molar-refractivity contribution in [2.24, 2.45) is 7.05 Å². The number of amides is 1. The molecule has 0 aliphatic rings. The fraction of sp³-hybridized carbons (Fsp3) is 0.200. The van der Waals surface area contributed by atoms with Gasteiger partial charge in [-0.3, -0.25) is 9.48 Å². The lowest BCUT2D eigenvalue weighted by Crippen LogP contribution is -2.14. The number of nitrogens with zero attached hydrogens (tertiary/aromatic N) is 2. The summed E-state index contributed by atoms with van der Waals surface area (Å²) < 4.78 is 32.9. The van der Waals surface area contributed by atoms with Crippen molar-refractivity contribution in [3.8, 4) is 5.75 Å². The van der Waals surface area contributed by atoms with Crippen LogP contribution < -0.4 is 10.1 Å². The monoisotopic (exact) mass is 433 g/mol. The molecule has 152 valence electrons. The van der Waals surface area contributed by atoms with E-state index in [4.69, 9.17) is 16.3 Å². The number of aromatic nitrogens is 2. The quantitative estimate of drug-likeness (QED) is 0.661. The molecule has 0 spiro atoms. The first-order valence-electron chi connectivity index (χ1n) is 8.64. The minimum atomic E-state index is -3.83. The predicted octanol–water partition coefficient (Wildman–Crippen LogP) is 3.78. The molecule has 7 nitrogen and oxygen atoms in total. The Morgan fingerprint density at radius 1 is 1.10 bits per heavy atom. The average Bonchev–Trinajstić information content (AvgIpc) is 2.93. The zero-order valence-corrected chi connectivity index (χ0v) is 17.9. The van der Waals surface area contributed by atoms with Crippen LogP contribution in [0.4, 0.5) is 5.69 Å². The number of halogens is 1. The number of anilines is 1. The second kappa shape index (κ2) is 7.88. The van der Waals surface area contributed by atoms with Gasteiger partial charge in [0.15, 0.2) is 0 Å². The van der Waals surface area contributed by atoms with E-state index in [1.807, 2.05) is 0 Å². The van der Waals surface area contributed by atoms with E-state index in [2.05, 4.69) is 10.4 Å². The number of rotatable bonds is 5. The van der Waals surface area contributed by atoms with Gasteiger partial charge in [0.1, 0.15) is 5.75 Å². The molecule has 0 saturated carbocycles. The van der Waals surface area contributed by atoms with Gasteiger partial charge in [-0.25, -0.2) is 8.42 Å². The topological polar surface area (TPSA) is 90.3 Å². The lowest BCUT2D eigenvalue weighted by Gasteiger charge is -2.12. The normalized spacial score (nSPS) is 11.3. The molecule has 1 heterocycles. The molecule has 1 N–H and O–H groups in total. The van der Waals surface area contributed by atoms with Crippen molar-refractivity contribution in [1.82, 2.24) is 9.78 Å². The van der Waals surface area contributed by atoms with Gasteiger partial charge in [-0.15, -0.1) is 0 Å². The van der Waals surface area contributed by atoms with Crippen LogP contribution in [0.15, 0.2) is 52.3 Å². The van der Waals surface area contributed by atoms with Gasteiger partial charge in [-0.2, -0.15) is 5.10 Å². The SMILES string of the molecule is COc1cc(NC(=O)c2c(C)nn(C)c2C)cc(S(=O)(=O)c2ccc(Cl)cc2)c1. The highest BCUT2D eigenvalue weighted by molar-refractivity contribution is 7.91. The number of carbonyl (C=O) groups is 1. The lowest BCUT2D eigenvalue weighted by molar-refractivity contribution is 0.102. The van der Waals surface area contributed by atoms with Crippen LogP contribution in [0.5, 0.6) is 5.75 Å². The zero-order valence-electron chi connectivity index (χ0n) is 16.4. The fourth-order valence-corrected chi connectivity index (χ4v) is 4.41. The summed E-state index contributed by atoms with van der Waals surface area (Å²) in [4.78, 5) is 12.9. The smallest absolute Gasteiger partial charge is 0.259 e. The number of nitrogens with one attached hydrogen (secondary N) is 1. The molecule has 0 unspecified atom stereocenters. The van der Waals surface area contributed by atoms with E-state index >= 15 is 0 Å². The molecule has 1 amide bonds. The third-order valence-corrected chi connectivity index (χ3v) is 6.54. The van der Waals surface area contributed by atoms with E-state index in [0.717, 1.165) is 0 Å². The van der Waals surface area contributed by atoms with Gasteiger partial charge in [0.2, 0.25) is 9.84 Å². The number of benzene rings is 2. The molecule has 0 aliphatic carbocycles. The lowest BCUT2D eigenvalue weighted by atomic mass is 10.2. The van der Waals surface area contributed by atoms with E-state index in [0.29, 0.717) is 33.4 Å². The van der Waals surface area contributed by atoms with Crippen LogP contribution in [0.1, 0.15) is 21.7 Å². The first-order chi connectivity index (χ1) is 13.6. The van der Waals surface area contributed by atoms with Crippen LogP contribution in [-0.2, 0) is 16.9 Å². The maximum Gasteiger partial charge on any atom is 0.259 e. The molecule has 0 fully saturated rings.